The van der Waals surface area contributed by atoms with Crippen molar-refractivity contribution in [2.24, 2.45) is 0 Å². The van der Waals surface area contributed by atoms with Crippen LogP contribution >= 0.6 is 27.3 Å². The van der Waals surface area contributed by atoms with Crippen LogP contribution in [-0.2, 0) is 12.8 Å². The highest BCUT2D eigenvalue weighted by Crippen LogP contribution is 2.34. The number of nitrogens with zero attached hydrogens (tertiary/aromatic N) is 1. The third-order valence-electron chi connectivity index (χ3n) is 3.73. The lowest BCUT2D eigenvalue weighted by molar-refractivity contribution is 0.619. The van der Waals surface area contributed by atoms with Crippen LogP contribution in [0, 0.1) is 0 Å². The number of nitrogens with one attached hydrogen (secondary N) is 1. The maximum Gasteiger partial charge on any atom is 0.115 e. The van der Waals surface area contributed by atoms with E-state index in [-0.39, 0.29) is 6.04 Å². The molecule has 1 aliphatic carbocycles. The number of hydrogen-bond acceptors (Lipinski definition) is 3. The Balaban J connectivity index is 1.98. The lowest BCUT2D eigenvalue weighted by Gasteiger charge is -2.17. The van der Waals surface area contributed by atoms with Crippen LogP contribution in [-0.4, -0.2) is 11.5 Å². The molecule has 20 heavy (non-hydrogen) atoms. The summed E-state index contributed by atoms with van der Waals surface area (Å²) in [6.07, 6.45) is 4.97. The van der Waals surface area contributed by atoms with Crippen LogP contribution in [0.1, 0.15) is 46.9 Å². The second kappa shape index (κ2) is 6.37. The average Bonchev–Trinajstić information content (AvgIpc) is 2.89. The fraction of sp³-hybridized carbons (Fsp3) is 0.438. The second-order valence-electron chi connectivity index (χ2n) is 5.14. The van der Waals surface area contributed by atoms with Crippen LogP contribution in [0.25, 0.3) is 0 Å². The summed E-state index contributed by atoms with van der Waals surface area (Å²) in [6, 6.07) is 8.64. The average molecular weight is 351 g/mol. The van der Waals surface area contributed by atoms with Gasteiger partial charge in [-0.1, -0.05) is 41.1 Å². The van der Waals surface area contributed by atoms with Gasteiger partial charge in [0.2, 0.25) is 0 Å². The van der Waals surface area contributed by atoms with Crippen LogP contribution in [0.2, 0.25) is 0 Å². The van der Waals surface area contributed by atoms with Gasteiger partial charge in [-0.05, 0) is 43.9 Å². The van der Waals surface area contributed by atoms with Crippen molar-refractivity contribution in [3.63, 3.8) is 0 Å². The third kappa shape index (κ3) is 2.83. The molecule has 1 N–H and O–H groups in total. The number of aryl methyl sites for hydroxylation is 2. The summed E-state index contributed by atoms with van der Waals surface area (Å²) in [6.45, 7) is 3.09. The van der Waals surface area contributed by atoms with Gasteiger partial charge in [0.1, 0.15) is 5.01 Å². The first-order valence-corrected chi connectivity index (χ1v) is 8.87. The van der Waals surface area contributed by atoms with Crippen molar-refractivity contribution in [1.82, 2.24) is 10.3 Å². The minimum absolute atomic E-state index is 0.200. The zero-order valence-electron chi connectivity index (χ0n) is 11.7. The number of thiazole rings is 1. The van der Waals surface area contributed by atoms with Crippen molar-refractivity contribution in [1.29, 1.82) is 0 Å². The summed E-state index contributed by atoms with van der Waals surface area (Å²) in [5, 5.41) is 4.80. The molecule has 4 heteroatoms. The normalized spacial score (nSPS) is 15.9. The number of halogens is 1. The summed E-state index contributed by atoms with van der Waals surface area (Å²) < 4.78 is 1.15. The van der Waals surface area contributed by atoms with Gasteiger partial charge in [0.05, 0.1) is 11.7 Å². The maximum atomic E-state index is 4.92. The Morgan fingerprint density at radius 2 is 2.10 bits per heavy atom. The molecule has 106 valence electrons. The van der Waals surface area contributed by atoms with Gasteiger partial charge in [0.15, 0.2) is 0 Å². The molecule has 1 unspecified atom stereocenters. The molecule has 0 bridgehead atoms. The van der Waals surface area contributed by atoms with E-state index in [0.717, 1.165) is 17.4 Å². The van der Waals surface area contributed by atoms with E-state index in [1.807, 2.05) is 11.3 Å². The number of rotatable bonds is 4. The quantitative estimate of drug-likeness (QED) is 0.878. The molecule has 2 aromatic rings. The van der Waals surface area contributed by atoms with E-state index in [0.29, 0.717) is 0 Å². The molecule has 0 saturated heterocycles. The van der Waals surface area contributed by atoms with E-state index >= 15 is 0 Å². The highest BCUT2D eigenvalue weighted by molar-refractivity contribution is 9.10. The summed E-state index contributed by atoms with van der Waals surface area (Å²) in [4.78, 5) is 6.42. The van der Waals surface area contributed by atoms with E-state index in [1.54, 1.807) is 0 Å². The predicted octanol–water partition coefficient (Wildman–Crippen LogP) is 4.48. The first kappa shape index (κ1) is 14.2. The monoisotopic (exact) mass is 350 g/mol. The molecule has 0 amide bonds. The highest BCUT2D eigenvalue weighted by Gasteiger charge is 2.22. The first-order chi connectivity index (χ1) is 9.79. The summed E-state index contributed by atoms with van der Waals surface area (Å²) in [7, 11) is 0. The molecule has 1 aromatic heterocycles. The van der Waals surface area contributed by atoms with Gasteiger partial charge in [-0.3, -0.25) is 0 Å². The summed E-state index contributed by atoms with van der Waals surface area (Å²) >= 11 is 5.57. The minimum Gasteiger partial charge on any atom is -0.305 e. The number of aromatic nitrogens is 1. The zero-order chi connectivity index (χ0) is 13.9. The van der Waals surface area contributed by atoms with E-state index in [1.165, 1.54) is 40.4 Å². The molecule has 0 saturated carbocycles. The lowest BCUT2D eigenvalue weighted by Crippen LogP contribution is -2.22. The Labute approximate surface area is 132 Å². The maximum absolute atomic E-state index is 4.92. The van der Waals surface area contributed by atoms with Crippen LogP contribution < -0.4 is 5.32 Å². The first-order valence-electron chi connectivity index (χ1n) is 7.26. The highest BCUT2D eigenvalue weighted by atomic mass is 79.9. The summed E-state index contributed by atoms with van der Waals surface area (Å²) in [5.74, 6) is 0. The van der Waals surface area contributed by atoms with E-state index in [4.69, 9.17) is 4.98 Å². The molecule has 0 fully saturated rings. The van der Waals surface area contributed by atoms with Gasteiger partial charge in [-0.2, -0.15) is 0 Å². The van der Waals surface area contributed by atoms with Crippen molar-refractivity contribution < 1.29 is 0 Å². The molecule has 0 radical (unpaired) electrons. The van der Waals surface area contributed by atoms with Crippen molar-refractivity contribution in [2.75, 3.05) is 6.54 Å². The van der Waals surface area contributed by atoms with Crippen molar-refractivity contribution in [3.8, 4) is 0 Å². The van der Waals surface area contributed by atoms with Gasteiger partial charge >= 0.3 is 0 Å². The minimum atomic E-state index is 0.200. The van der Waals surface area contributed by atoms with Crippen molar-refractivity contribution in [2.45, 2.75) is 38.6 Å². The van der Waals surface area contributed by atoms with E-state index in [9.17, 15) is 0 Å². The molecule has 2 nitrogen and oxygen atoms in total. The second-order valence-corrected chi connectivity index (χ2v) is 7.11. The molecule has 1 aliphatic rings. The Kier molecular flexibility index (Phi) is 4.54. The van der Waals surface area contributed by atoms with Gasteiger partial charge in [-0.25, -0.2) is 4.98 Å². The fourth-order valence-electron chi connectivity index (χ4n) is 2.74. The molecule has 1 heterocycles. The fourth-order valence-corrected chi connectivity index (χ4v) is 4.50. The third-order valence-corrected chi connectivity index (χ3v) is 5.68. The summed E-state index contributed by atoms with van der Waals surface area (Å²) in [5.41, 5.74) is 2.62. The van der Waals surface area contributed by atoms with Crippen LogP contribution in [0.5, 0.6) is 0 Å². The van der Waals surface area contributed by atoms with Gasteiger partial charge < -0.3 is 5.32 Å². The number of fused-ring (bicyclic) bond motifs is 1. The molecule has 3 rings (SSSR count). The predicted molar refractivity (Wildman–Crippen MR) is 88.4 cm³/mol. The largest absolute Gasteiger partial charge is 0.305 e. The Morgan fingerprint density at radius 3 is 2.85 bits per heavy atom. The zero-order valence-corrected chi connectivity index (χ0v) is 14.1. The van der Waals surface area contributed by atoms with Crippen LogP contribution in [0.15, 0.2) is 28.7 Å². The standard InChI is InChI=1S/C16H19BrN2S/c1-2-18-15(11-7-3-4-8-12(11)17)16-19-13-9-5-6-10-14(13)20-16/h3-4,7-8,15,18H,2,5-6,9-10H2,1H3. The molecule has 0 aliphatic heterocycles. The molecular weight excluding hydrogens is 332 g/mol. The Bertz CT molecular complexity index is 570. The van der Waals surface area contributed by atoms with Crippen LogP contribution in [0.3, 0.4) is 0 Å². The molecule has 1 atom stereocenters. The smallest absolute Gasteiger partial charge is 0.115 e. The van der Waals surface area contributed by atoms with Gasteiger partial charge in [-0.15, -0.1) is 11.3 Å². The lowest BCUT2D eigenvalue weighted by atomic mass is 10.0. The van der Waals surface area contributed by atoms with Crippen molar-refractivity contribution >= 4 is 27.3 Å². The van der Waals surface area contributed by atoms with Gasteiger partial charge in [0, 0.05) is 9.35 Å². The van der Waals surface area contributed by atoms with Crippen LogP contribution in [0.4, 0.5) is 0 Å². The number of hydrogen-bond donors (Lipinski definition) is 1. The Hall–Kier alpha value is -0.710. The molecule has 1 aromatic carbocycles. The Morgan fingerprint density at radius 1 is 1.30 bits per heavy atom. The molecular formula is C16H19BrN2S. The van der Waals surface area contributed by atoms with E-state index < -0.39 is 0 Å². The van der Waals surface area contributed by atoms with Gasteiger partial charge in [0.25, 0.3) is 0 Å². The van der Waals surface area contributed by atoms with Crippen molar-refractivity contribution in [3.05, 3.63) is 49.9 Å². The SMILES string of the molecule is CCNC(c1nc2c(s1)CCCC2)c1ccccc1Br. The van der Waals surface area contributed by atoms with E-state index in [2.05, 4.69) is 52.4 Å². The number of benzene rings is 1. The topological polar surface area (TPSA) is 24.9 Å². The molecule has 0 spiro atoms.